The summed E-state index contributed by atoms with van der Waals surface area (Å²) < 4.78 is 10.9. The molecule has 2 saturated heterocycles. The summed E-state index contributed by atoms with van der Waals surface area (Å²) in [4.78, 5) is 21.1. The molecule has 1 aromatic rings. The number of nitrogens with zero attached hydrogens (tertiary/aromatic N) is 3. The van der Waals surface area contributed by atoms with Gasteiger partial charge < -0.3 is 25.0 Å². The smallest absolute Gasteiger partial charge is 0.222 e. The third-order valence-corrected chi connectivity index (χ3v) is 5.82. The molecule has 0 radical (unpaired) electrons. The fourth-order valence-electron chi connectivity index (χ4n) is 4.08. The van der Waals surface area contributed by atoms with Gasteiger partial charge in [0.15, 0.2) is 5.96 Å². The van der Waals surface area contributed by atoms with Crippen molar-refractivity contribution < 1.29 is 14.3 Å². The number of rotatable bonds is 10. The van der Waals surface area contributed by atoms with Gasteiger partial charge in [0.2, 0.25) is 5.91 Å². The molecule has 1 unspecified atom stereocenters. The van der Waals surface area contributed by atoms with Crippen LogP contribution in [-0.4, -0.2) is 87.8 Å². The Balaban J connectivity index is 0.00000363. The predicted octanol–water partition coefficient (Wildman–Crippen LogP) is 2.25. The third-order valence-electron chi connectivity index (χ3n) is 5.82. The Bertz CT molecular complexity index is 710. The van der Waals surface area contributed by atoms with Gasteiger partial charge in [0.05, 0.1) is 32.9 Å². The highest BCUT2D eigenvalue weighted by molar-refractivity contribution is 14.0. The van der Waals surface area contributed by atoms with Gasteiger partial charge in [0.1, 0.15) is 5.75 Å². The van der Waals surface area contributed by atoms with Gasteiger partial charge in [0, 0.05) is 45.7 Å². The van der Waals surface area contributed by atoms with Crippen LogP contribution in [0.1, 0.15) is 37.8 Å². The largest absolute Gasteiger partial charge is 0.497 e. The van der Waals surface area contributed by atoms with Crippen molar-refractivity contribution in [2.24, 2.45) is 4.99 Å². The van der Waals surface area contributed by atoms with Crippen LogP contribution < -0.4 is 15.4 Å². The summed E-state index contributed by atoms with van der Waals surface area (Å²) in [7, 11) is 1.69. The lowest BCUT2D eigenvalue weighted by Gasteiger charge is -2.34. The molecule has 2 aliphatic rings. The van der Waals surface area contributed by atoms with Crippen LogP contribution in [0.4, 0.5) is 0 Å². The van der Waals surface area contributed by atoms with Crippen molar-refractivity contribution >= 4 is 35.8 Å². The van der Waals surface area contributed by atoms with Gasteiger partial charge in [-0.2, -0.15) is 0 Å². The van der Waals surface area contributed by atoms with Crippen LogP contribution in [0.15, 0.2) is 29.3 Å². The molecule has 32 heavy (non-hydrogen) atoms. The Morgan fingerprint density at radius 1 is 1.19 bits per heavy atom. The number of amides is 1. The van der Waals surface area contributed by atoms with Crippen molar-refractivity contribution in [3.8, 4) is 5.75 Å². The van der Waals surface area contributed by atoms with E-state index in [0.717, 1.165) is 77.0 Å². The molecule has 2 heterocycles. The molecular weight excluding hydrogens is 521 g/mol. The number of guanidine groups is 1. The summed E-state index contributed by atoms with van der Waals surface area (Å²) in [6, 6.07) is 8.46. The first-order valence-electron chi connectivity index (χ1n) is 11.5. The van der Waals surface area contributed by atoms with E-state index in [4.69, 9.17) is 14.5 Å². The number of methoxy groups -OCH3 is 1. The molecule has 0 spiro atoms. The van der Waals surface area contributed by atoms with E-state index < -0.39 is 0 Å². The highest BCUT2D eigenvalue weighted by Crippen LogP contribution is 2.24. The Hall–Kier alpha value is -1.59. The van der Waals surface area contributed by atoms with Crippen LogP contribution in [0.2, 0.25) is 0 Å². The summed E-state index contributed by atoms with van der Waals surface area (Å²) in [5.41, 5.74) is 1.23. The lowest BCUT2D eigenvalue weighted by Crippen LogP contribution is -2.42. The topological polar surface area (TPSA) is 78.4 Å². The minimum absolute atomic E-state index is 0. The maximum atomic E-state index is 11.8. The Kier molecular flexibility index (Phi) is 12.1. The van der Waals surface area contributed by atoms with E-state index in [0.29, 0.717) is 13.0 Å². The first kappa shape index (κ1) is 26.7. The van der Waals surface area contributed by atoms with Crippen molar-refractivity contribution in [2.45, 2.75) is 32.2 Å². The van der Waals surface area contributed by atoms with Crippen molar-refractivity contribution in [1.29, 1.82) is 0 Å². The highest BCUT2D eigenvalue weighted by Gasteiger charge is 2.23. The predicted molar refractivity (Wildman–Crippen MR) is 138 cm³/mol. The van der Waals surface area contributed by atoms with Crippen LogP contribution in [0, 0.1) is 0 Å². The molecule has 1 atom stereocenters. The second-order valence-corrected chi connectivity index (χ2v) is 7.92. The van der Waals surface area contributed by atoms with E-state index >= 15 is 0 Å². The fourth-order valence-corrected chi connectivity index (χ4v) is 4.08. The summed E-state index contributed by atoms with van der Waals surface area (Å²) >= 11 is 0. The number of likely N-dealkylation sites (tertiary alicyclic amines) is 1. The number of aliphatic imine (C=N–C) groups is 1. The lowest BCUT2D eigenvalue weighted by molar-refractivity contribution is -0.127. The maximum absolute atomic E-state index is 11.8. The molecule has 180 valence electrons. The molecule has 2 aliphatic heterocycles. The number of hydrogen-bond acceptors (Lipinski definition) is 5. The molecule has 1 amide bonds. The van der Waals surface area contributed by atoms with E-state index in [1.54, 1.807) is 7.11 Å². The Morgan fingerprint density at radius 3 is 2.56 bits per heavy atom. The zero-order valence-corrected chi connectivity index (χ0v) is 21.7. The molecule has 1 aromatic carbocycles. The van der Waals surface area contributed by atoms with E-state index in [-0.39, 0.29) is 35.9 Å². The van der Waals surface area contributed by atoms with E-state index in [9.17, 15) is 4.79 Å². The second-order valence-electron chi connectivity index (χ2n) is 7.92. The maximum Gasteiger partial charge on any atom is 0.222 e. The number of benzene rings is 1. The van der Waals surface area contributed by atoms with Crippen LogP contribution in [-0.2, 0) is 9.53 Å². The summed E-state index contributed by atoms with van der Waals surface area (Å²) in [6.45, 7) is 9.36. The van der Waals surface area contributed by atoms with E-state index in [1.807, 2.05) is 17.0 Å². The summed E-state index contributed by atoms with van der Waals surface area (Å²) in [5, 5.41) is 6.77. The molecule has 0 bridgehead atoms. The zero-order chi connectivity index (χ0) is 21.9. The minimum atomic E-state index is 0. The third kappa shape index (κ3) is 8.08. The first-order valence-corrected chi connectivity index (χ1v) is 11.5. The number of nitrogens with one attached hydrogen (secondary N) is 2. The number of carbonyl (C=O) groups excluding carboxylic acids is 1. The van der Waals surface area contributed by atoms with Gasteiger partial charge >= 0.3 is 0 Å². The molecule has 9 heteroatoms. The molecule has 2 fully saturated rings. The Labute approximate surface area is 209 Å². The van der Waals surface area contributed by atoms with Crippen molar-refractivity contribution in [3.63, 3.8) is 0 Å². The molecule has 0 saturated carbocycles. The molecule has 8 nitrogen and oxygen atoms in total. The van der Waals surface area contributed by atoms with Crippen molar-refractivity contribution in [3.05, 3.63) is 29.8 Å². The van der Waals surface area contributed by atoms with Crippen LogP contribution in [0.5, 0.6) is 5.75 Å². The van der Waals surface area contributed by atoms with Gasteiger partial charge in [-0.25, -0.2) is 0 Å². The number of ether oxygens (including phenoxy) is 2. The van der Waals surface area contributed by atoms with Gasteiger partial charge in [-0.05, 0) is 37.5 Å². The molecule has 2 N–H and O–H groups in total. The summed E-state index contributed by atoms with van der Waals surface area (Å²) in [5.74, 6) is 1.97. The average Bonchev–Trinajstić information content (AvgIpc) is 3.22. The number of morpholine rings is 1. The van der Waals surface area contributed by atoms with Crippen molar-refractivity contribution in [1.82, 2.24) is 20.4 Å². The van der Waals surface area contributed by atoms with E-state index in [1.165, 1.54) is 5.56 Å². The SMILES string of the molecule is CCNC(=NCC(c1ccc(OC)cc1)N1CCOCC1)NCCCN1CCCC1=O.I. The van der Waals surface area contributed by atoms with Gasteiger partial charge in [-0.1, -0.05) is 12.1 Å². The van der Waals surface area contributed by atoms with Gasteiger partial charge in [0.25, 0.3) is 0 Å². The monoisotopic (exact) mass is 559 g/mol. The van der Waals surface area contributed by atoms with Crippen LogP contribution in [0.3, 0.4) is 0 Å². The van der Waals surface area contributed by atoms with E-state index in [2.05, 4.69) is 34.6 Å². The molecule has 0 aliphatic carbocycles. The highest BCUT2D eigenvalue weighted by atomic mass is 127. The number of carbonyl (C=O) groups is 1. The standard InChI is InChI=1S/C23H37N5O3.HI/c1-3-24-23(25-11-5-13-28-12-4-6-22(28)29)26-18-21(27-14-16-31-17-15-27)19-7-9-20(30-2)10-8-19;/h7-10,21H,3-6,11-18H2,1-2H3,(H2,24,25,26);1H. The fraction of sp³-hybridized carbons (Fsp3) is 0.652. The number of halogens is 1. The average molecular weight is 559 g/mol. The summed E-state index contributed by atoms with van der Waals surface area (Å²) in [6.07, 6.45) is 2.61. The van der Waals surface area contributed by atoms with Crippen LogP contribution in [0.25, 0.3) is 0 Å². The zero-order valence-electron chi connectivity index (χ0n) is 19.3. The van der Waals surface area contributed by atoms with Crippen molar-refractivity contribution in [2.75, 3.05) is 66.1 Å². The van der Waals surface area contributed by atoms with Gasteiger partial charge in [-0.3, -0.25) is 14.7 Å². The molecule has 0 aromatic heterocycles. The molecule has 3 rings (SSSR count). The Morgan fingerprint density at radius 2 is 1.94 bits per heavy atom. The number of hydrogen-bond donors (Lipinski definition) is 2. The first-order chi connectivity index (χ1) is 15.2. The normalized spacial score (nSPS) is 18.2. The second kappa shape index (κ2) is 14.5. The lowest BCUT2D eigenvalue weighted by atomic mass is 10.0. The van der Waals surface area contributed by atoms with Crippen LogP contribution >= 0.6 is 24.0 Å². The van der Waals surface area contributed by atoms with Gasteiger partial charge in [-0.15, -0.1) is 24.0 Å². The minimum Gasteiger partial charge on any atom is -0.497 e. The molecular formula is C23H38IN5O3. The quantitative estimate of drug-likeness (QED) is 0.198.